The van der Waals surface area contributed by atoms with Gasteiger partial charge in [0.2, 0.25) is 0 Å². The summed E-state index contributed by atoms with van der Waals surface area (Å²) in [6.45, 7) is 16.4. The molecule has 9 heteroatoms. The van der Waals surface area contributed by atoms with E-state index in [0.717, 1.165) is 28.2 Å². The maximum Gasteiger partial charge on any atom is 0.380 e. The first-order valence-corrected chi connectivity index (χ1v) is 18.9. The maximum atomic E-state index is 15.6. The summed E-state index contributed by atoms with van der Waals surface area (Å²) in [5.74, 6) is -12.4. The van der Waals surface area contributed by atoms with Crippen molar-refractivity contribution in [3.05, 3.63) is 81.0 Å². The zero-order valence-corrected chi connectivity index (χ0v) is 29.1. The minimum Gasteiger partial charge on any atom is -0.194 e. The van der Waals surface area contributed by atoms with Crippen molar-refractivity contribution >= 4 is 52.0 Å². The third kappa shape index (κ3) is 5.03. The highest BCUT2D eigenvalue weighted by atomic mass is 32.1. The second kappa shape index (κ2) is 11.5. The second-order valence-electron chi connectivity index (χ2n) is 12.8. The van der Waals surface area contributed by atoms with E-state index in [4.69, 9.17) is 0 Å². The molecular weight excluding hydrogens is 639 g/mol. The first kappa shape index (κ1) is 33.6. The van der Waals surface area contributed by atoms with Crippen LogP contribution in [0.2, 0.25) is 16.6 Å². The fraction of sp³-hybridized carbons (Fsp3) is 0.389. The molecule has 2 aromatic heterocycles. The van der Waals surface area contributed by atoms with Gasteiger partial charge in [0.25, 0.3) is 0 Å². The van der Waals surface area contributed by atoms with E-state index in [-0.39, 0.29) is 26.3 Å². The molecule has 1 aliphatic carbocycles. The van der Waals surface area contributed by atoms with Gasteiger partial charge in [-0.15, -0.1) is 28.2 Å². The van der Waals surface area contributed by atoms with Crippen LogP contribution in [-0.4, -0.2) is 25.8 Å². The predicted molar refractivity (Wildman–Crippen MR) is 181 cm³/mol. The maximum absolute atomic E-state index is 15.6. The Hall–Kier alpha value is -2.80. The molecule has 0 saturated carbocycles. The molecule has 2 heterocycles. The Bertz CT molecular complexity index is 1820. The molecule has 1 aliphatic rings. The van der Waals surface area contributed by atoms with Crippen LogP contribution < -0.4 is 0 Å². The summed E-state index contributed by atoms with van der Waals surface area (Å²) in [5.41, 5.74) is 3.45. The zero-order valence-electron chi connectivity index (χ0n) is 26.5. The number of alkyl halides is 6. The topological polar surface area (TPSA) is 0 Å². The van der Waals surface area contributed by atoms with Gasteiger partial charge in [0.05, 0.1) is 0 Å². The first-order chi connectivity index (χ1) is 20.9. The fourth-order valence-electron chi connectivity index (χ4n) is 7.09. The molecule has 0 atom stereocenters. The lowest BCUT2D eigenvalue weighted by Gasteiger charge is -2.38. The number of benzene rings is 2. The molecule has 238 valence electrons. The highest BCUT2D eigenvalue weighted by Gasteiger charge is 2.80. The van der Waals surface area contributed by atoms with E-state index in [1.54, 1.807) is 18.2 Å². The summed E-state index contributed by atoms with van der Waals surface area (Å²) in [5, 5.41) is 0.255. The monoisotopic (exact) mass is 674 g/mol. The molecule has 0 bridgehead atoms. The summed E-state index contributed by atoms with van der Waals surface area (Å²) < 4.78 is 93.2. The Labute approximate surface area is 270 Å². The van der Waals surface area contributed by atoms with E-state index in [1.165, 1.54) is 26.0 Å². The number of hydrogen-bond acceptors (Lipinski definition) is 2. The molecule has 5 rings (SSSR count). The standard InChI is InChI=1S/C36H36F6S2Si/c1-20(2)45(21(3)4,22(5)6)18-17-25-13-15-26(16-14-25)30-19-28(23(7)43-30)32-33(35(39,40)36(41,42)34(32,37)38)31-24(8)44-29-12-10-9-11-27(29)31/h9-16,19-22H,1-8H3. The minimum absolute atomic E-state index is 0.244. The van der Waals surface area contributed by atoms with Crippen LogP contribution in [0.3, 0.4) is 0 Å². The van der Waals surface area contributed by atoms with Gasteiger partial charge in [-0.1, -0.05) is 77.8 Å². The Morgan fingerprint density at radius 1 is 0.689 bits per heavy atom. The molecule has 0 spiro atoms. The number of thiophene rings is 2. The third-order valence-corrected chi connectivity index (χ3v) is 17.8. The molecule has 0 N–H and O–H groups in total. The van der Waals surface area contributed by atoms with Crippen molar-refractivity contribution < 1.29 is 26.3 Å². The third-order valence-electron chi connectivity index (χ3n) is 9.33. The van der Waals surface area contributed by atoms with Gasteiger partial charge in [0.1, 0.15) is 8.07 Å². The van der Waals surface area contributed by atoms with Gasteiger partial charge in [-0.25, -0.2) is 0 Å². The van der Waals surface area contributed by atoms with E-state index in [2.05, 4.69) is 53.0 Å². The number of hydrogen-bond donors (Lipinski definition) is 0. The highest BCUT2D eigenvalue weighted by molar-refractivity contribution is 7.19. The Morgan fingerprint density at radius 2 is 1.24 bits per heavy atom. The molecule has 0 fully saturated rings. The molecule has 0 unspecified atom stereocenters. The van der Waals surface area contributed by atoms with E-state index >= 15 is 26.3 Å². The Morgan fingerprint density at radius 3 is 1.82 bits per heavy atom. The lowest BCUT2D eigenvalue weighted by Crippen LogP contribution is -2.48. The summed E-state index contributed by atoms with van der Waals surface area (Å²) in [6, 6.07) is 15.1. The second-order valence-corrected chi connectivity index (χ2v) is 20.9. The molecule has 0 nitrogen and oxygen atoms in total. The first-order valence-electron chi connectivity index (χ1n) is 15.0. The number of fused-ring (bicyclic) bond motifs is 1. The SMILES string of the molecule is Cc1sc(-c2ccc(C#C[Si](C(C)C)(C(C)C)C(C)C)cc2)cc1C1=C(c2c(C)sc3ccccc23)C(F)(F)C(F)(F)C1(F)F. The van der Waals surface area contributed by atoms with Crippen LogP contribution in [0.5, 0.6) is 0 Å². The van der Waals surface area contributed by atoms with Crippen molar-refractivity contribution in [2.45, 2.75) is 89.8 Å². The minimum atomic E-state index is -5.60. The van der Waals surface area contributed by atoms with Crippen LogP contribution in [0.4, 0.5) is 26.3 Å². The van der Waals surface area contributed by atoms with Crippen molar-refractivity contribution in [2.75, 3.05) is 0 Å². The number of rotatable bonds is 6. The van der Waals surface area contributed by atoms with Crippen molar-refractivity contribution in [3.8, 4) is 21.9 Å². The molecule has 4 aromatic rings. The molecule has 0 radical (unpaired) electrons. The van der Waals surface area contributed by atoms with E-state index in [0.29, 0.717) is 31.8 Å². The molecule has 2 aromatic carbocycles. The summed E-state index contributed by atoms with van der Waals surface area (Å²) in [6.07, 6.45) is 0. The van der Waals surface area contributed by atoms with Crippen LogP contribution in [0.1, 0.15) is 68.0 Å². The predicted octanol–water partition coefficient (Wildman–Crippen LogP) is 12.6. The van der Waals surface area contributed by atoms with Gasteiger partial charge in [-0.3, -0.25) is 0 Å². The van der Waals surface area contributed by atoms with E-state index in [1.807, 2.05) is 24.3 Å². The summed E-state index contributed by atoms with van der Waals surface area (Å²) >= 11 is 2.23. The van der Waals surface area contributed by atoms with Gasteiger partial charge in [0.15, 0.2) is 0 Å². The average Bonchev–Trinajstić information content (AvgIpc) is 3.52. The highest BCUT2D eigenvalue weighted by Crippen LogP contribution is 2.66. The van der Waals surface area contributed by atoms with Crippen molar-refractivity contribution in [2.24, 2.45) is 0 Å². The van der Waals surface area contributed by atoms with Crippen molar-refractivity contribution in [3.63, 3.8) is 0 Å². The molecule has 0 amide bonds. The van der Waals surface area contributed by atoms with Gasteiger partial charge < -0.3 is 0 Å². The molecule has 0 saturated heterocycles. The Balaban J connectivity index is 1.63. The van der Waals surface area contributed by atoms with Gasteiger partial charge in [-0.2, -0.15) is 26.3 Å². The molecule has 45 heavy (non-hydrogen) atoms. The molecule has 0 aliphatic heterocycles. The smallest absolute Gasteiger partial charge is 0.194 e. The number of halogens is 6. The summed E-state index contributed by atoms with van der Waals surface area (Å²) in [4.78, 5) is 1.06. The number of allylic oxidation sites excluding steroid dienone is 2. The quantitative estimate of drug-likeness (QED) is 0.108. The average molecular weight is 675 g/mol. The largest absolute Gasteiger partial charge is 0.380 e. The van der Waals surface area contributed by atoms with Crippen molar-refractivity contribution in [1.29, 1.82) is 0 Å². The lowest BCUT2D eigenvalue weighted by molar-refractivity contribution is -0.254. The Kier molecular flexibility index (Phi) is 8.55. The zero-order chi connectivity index (χ0) is 33.3. The van der Waals surface area contributed by atoms with Crippen LogP contribution in [-0.2, 0) is 0 Å². The van der Waals surface area contributed by atoms with Crippen LogP contribution >= 0.6 is 22.7 Å². The normalized spacial score (nSPS) is 17.5. The van der Waals surface area contributed by atoms with Crippen LogP contribution in [0.25, 0.3) is 31.7 Å². The van der Waals surface area contributed by atoms with Crippen LogP contribution in [0, 0.1) is 25.3 Å². The lowest BCUT2D eigenvalue weighted by atomic mass is 9.93. The van der Waals surface area contributed by atoms with Gasteiger partial charge in [-0.05, 0) is 65.9 Å². The van der Waals surface area contributed by atoms with Gasteiger partial charge in [0, 0.05) is 47.0 Å². The number of aryl methyl sites for hydroxylation is 2. The van der Waals surface area contributed by atoms with Gasteiger partial charge >= 0.3 is 17.8 Å². The fourth-order valence-corrected chi connectivity index (χ4v) is 14.4. The summed E-state index contributed by atoms with van der Waals surface area (Å²) in [7, 11) is -1.95. The van der Waals surface area contributed by atoms with Crippen molar-refractivity contribution in [1.82, 2.24) is 0 Å². The molecular formula is C36H36F6S2Si. The van der Waals surface area contributed by atoms with Crippen LogP contribution in [0.15, 0.2) is 54.6 Å². The van der Waals surface area contributed by atoms with E-state index < -0.39 is 37.0 Å². The van der Waals surface area contributed by atoms with E-state index in [9.17, 15) is 0 Å².